The van der Waals surface area contributed by atoms with Crippen molar-refractivity contribution in [3.63, 3.8) is 0 Å². The summed E-state index contributed by atoms with van der Waals surface area (Å²) in [5, 5.41) is 0. The van der Waals surface area contributed by atoms with Crippen molar-refractivity contribution in [2.24, 2.45) is 5.73 Å². The van der Waals surface area contributed by atoms with Crippen molar-refractivity contribution in [1.29, 1.82) is 0 Å². The number of halogens is 1. The average Bonchev–Trinajstić information content (AvgIpc) is 2.14. The van der Waals surface area contributed by atoms with Gasteiger partial charge in [0.25, 0.3) is 0 Å². The van der Waals surface area contributed by atoms with Gasteiger partial charge in [-0.05, 0) is 24.1 Å². The highest BCUT2D eigenvalue weighted by Crippen LogP contribution is 2.19. The minimum Gasteiger partial charge on any atom is -0.324 e. The molecule has 0 aliphatic heterocycles. The fraction of sp³-hybridized carbons (Fsp3) is 0.273. The van der Waals surface area contributed by atoms with Gasteiger partial charge in [-0.1, -0.05) is 28.1 Å². The summed E-state index contributed by atoms with van der Waals surface area (Å²) < 4.78 is 1.06. The van der Waals surface area contributed by atoms with E-state index in [9.17, 15) is 0 Å². The number of benzene rings is 1. The molecular formula is C11H12BrN. The van der Waals surface area contributed by atoms with Gasteiger partial charge in [-0.3, -0.25) is 0 Å². The quantitative estimate of drug-likeness (QED) is 0.805. The van der Waals surface area contributed by atoms with E-state index in [1.807, 2.05) is 24.3 Å². The van der Waals surface area contributed by atoms with Crippen molar-refractivity contribution >= 4 is 15.9 Å². The zero-order valence-electron chi connectivity index (χ0n) is 7.33. The second-order valence-electron chi connectivity index (χ2n) is 2.90. The third kappa shape index (κ3) is 3.22. The first-order valence-electron chi connectivity index (χ1n) is 4.18. The predicted molar refractivity (Wildman–Crippen MR) is 59.1 cm³/mol. The largest absolute Gasteiger partial charge is 0.324 e. The lowest BCUT2D eigenvalue weighted by molar-refractivity contribution is 0.667. The molecule has 1 atom stereocenters. The normalized spacial score (nSPS) is 12.1. The molecule has 0 fully saturated rings. The van der Waals surface area contributed by atoms with E-state index in [0.717, 1.165) is 22.9 Å². The van der Waals surface area contributed by atoms with Crippen molar-refractivity contribution in [1.82, 2.24) is 0 Å². The summed E-state index contributed by atoms with van der Waals surface area (Å²) in [5.41, 5.74) is 7.06. The molecule has 0 amide bonds. The summed E-state index contributed by atoms with van der Waals surface area (Å²) >= 11 is 3.40. The Balaban J connectivity index is 2.66. The standard InChI is InChI=1S/C11H12BrN/c1-2-3-7-11(13)9-5-4-6-10(12)8-9/h1,4-6,8,11H,3,7,13H2. The Kier molecular flexibility index (Phi) is 4.01. The first-order chi connectivity index (χ1) is 6.24. The summed E-state index contributed by atoms with van der Waals surface area (Å²) in [6, 6.07) is 8.06. The van der Waals surface area contributed by atoms with Crippen LogP contribution in [-0.4, -0.2) is 0 Å². The summed E-state index contributed by atoms with van der Waals surface area (Å²) in [5.74, 6) is 2.59. The van der Waals surface area contributed by atoms with Crippen LogP contribution in [-0.2, 0) is 0 Å². The lowest BCUT2D eigenvalue weighted by Crippen LogP contribution is -2.09. The maximum atomic E-state index is 5.93. The van der Waals surface area contributed by atoms with Gasteiger partial charge >= 0.3 is 0 Å². The van der Waals surface area contributed by atoms with Crippen LogP contribution in [0.5, 0.6) is 0 Å². The Hall–Kier alpha value is -0.780. The Morgan fingerprint density at radius 3 is 2.92 bits per heavy atom. The van der Waals surface area contributed by atoms with Crippen LogP contribution in [0.4, 0.5) is 0 Å². The van der Waals surface area contributed by atoms with Crippen LogP contribution >= 0.6 is 15.9 Å². The van der Waals surface area contributed by atoms with E-state index in [-0.39, 0.29) is 6.04 Å². The topological polar surface area (TPSA) is 26.0 Å². The Morgan fingerprint density at radius 1 is 1.54 bits per heavy atom. The maximum absolute atomic E-state index is 5.93. The van der Waals surface area contributed by atoms with E-state index < -0.39 is 0 Å². The van der Waals surface area contributed by atoms with Gasteiger partial charge < -0.3 is 5.73 Å². The fourth-order valence-electron chi connectivity index (χ4n) is 1.14. The van der Waals surface area contributed by atoms with Crippen LogP contribution in [0, 0.1) is 12.3 Å². The molecule has 2 heteroatoms. The Labute approximate surface area is 87.5 Å². The fourth-order valence-corrected chi connectivity index (χ4v) is 1.56. The highest BCUT2D eigenvalue weighted by molar-refractivity contribution is 9.10. The van der Waals surface area contributed by atoms with E-state index in [1.165, 1.54) is 0 Å². The molecule has 0 aliphatic rings. The predicted octanol–water partition coefficient (Wildman–Crippen LogP) is 2.86. The zero-order chi connectivity index (χ0) is 9.68. The van der Waals surface area contributed by atoms with Gasteiger partial charge in [-0.2, -0.15) is 0 Å². The number of hydrogen-bond donors (Lipinski definition) is 1. The third-order valence-corrected chi connectivity index (χ3v) is 2.37. The van der Waals surface area contributed by atoms with Gasteiger partial charge in [0.1, 0.15) is 0 Å². The third-order valence-electron chi connectivity index (χ3n) is 1.88. The van der Waals surface area contributed by atoms with Crippen LogP contribution in [0.2, 0.25) is 0 Å². The molecule has 68 valence electrons. The Bertz CT molecular complexity index is 314. The molecule has 1 aromatic rings. The van der Waals surface area contributed by atoms with Crippen LogP contribution < -0.4 is 5.73 Å². The minimum absolute atomic E-state index is 0.0496. The lowest BCUT2D eigenvalue weighted by atomic mass is 10.0. The second-order valence-corrected chi connectivity index (χ2v) is 3.82. The van der Waals surface area contributed by atoms with Crippen molar-refractivity contribution in [3.8, 4) is 12.3 Å². The molecule has 1 nitrogen and oxygen atoms in total. The highest BCUT2D eigenvalue weighted by atomic mass is 79.9. The van der Waals surface area contributed by atoms with Gasteiger partial charge in [0, 0.05) is 16.9 Å². The molecule has 0 radical (unpaired) electrons. The molecule has 1 unspecified atom stereocenters. The summed E-state index contributed by atoms with van der Waals surface area (Å²) in [6.45, 7) is 0. The number of hydrogen-bond acceptors (Lipinski definition) is 1. The maximum Gasteiger partial charge on any atom is 0.0304 e. The van der Waals surface area contributed by atoms with Crippen LogP contribution in [0.15, 0.2) is 28.7 Å². The van der Waals surface area contributed by atoms with Crippen molar-refractivity contribution in [3.05, 3.63) is 34.3 Å². The van der Waals surface area contributed by atoms with Crippen molar-refractivity contribution in [2.45, 2.75) is 18.9 Å². The monoisotopic (exact) mass is 237 g/mol. The molecule has 0 heterocycles. The first kappa shape index (κ1) is 10.3. The number of terminal acetylenes is 1. The molecular weight excluding hydrogens is 226 g/mol. The van der Waals surface area contributed by atoms with E-state index in [1.54, 1.807) is 0 Å². The second kappa shape index (κ2) is 5.06. The highest BCUT2D eigenvalue weighted by Gasteiger charge is 2.04. The van der Waals surface area contributed by atoms with E-state index in [0.29, 0.717) is 0 Å². The van der Waals surface area contributed by atoms with E-state index >= 15 is 0 Å². The average molecular weight is 238 g/mol. The first-order valence-corrected chi connectivity index (χ1v) is 4.98. The molecule has 0 saturated heterocycles. The SMILES string of the molecule is C#CCCC(N)c1cccc(Br)c1. The van der Waals surface area contributed by atoms with Crippen molar-refractivity contribution in [2.75, 3.05) is 0 Å². The van der Waals surface area contributed by atoms with Crippen molar-refractivity contribution < 1.29 is 0 Å². The molecule has 0 aliphatic carbocycles. The van der Waals surface area contributed by atoms with Crippen LogP contribution in [0.1, 0.15) is 24.4 Å². The minimum atomic E-state index is 0.0496. The smallest absolute Gasteiger partial charge is 0.0304 e. The molecule has 2 N–H and O–H groups in total. The molecule has 1 aromatic carbocycles. The van der Waals surface area contributed by atoms with Gasteiger partial charge in [0.05, 0.1) is 0 Å². The summed E-state index contributed by atoms with van der Waals surface area (Å²) in [6.07, 6.45) is 6.74. The summed E-state index contributed by atoms with van der Waals surface area (Å²) in [4.78, 5) is 0. The molecule has 0 aromatic heterocycles. The van der Waals surface area contributed by atoms with Crippen LogP contribution in [0.3, 0.4) is 0 Å². The van der Waals surface area contributed by atoms with E-state index in [4.69, 9.17) is 12.2 Å². The van der Waals surface area contributed by atoms with Gasteiger partial charge in [0.15, 0.2) is 0 Å². The van der Waals surface area contributed by atoms with E-state index in [2.05, 4.69) is 21.9 Å². The van der Waals surface area contributed by atoms with Gasteiger partial charge in [-0.25, -0.2) is 0 Å². The summed E-state index contributed by atoms with van der Waals surface area (Å²) in [7, 11) is 0. The molecule has 1 rings (SSSR count). The van der Waals surface area contributed by atoms with Gasteiger partial charge in [0.2, 0.25) is 0 Å². The van der Waals surface area contributed by atoms with Gasteiger partial charge in [-0.15, -0.1) is 12.3 Å². The van der Waals surface area contributed by atoms with Crippen LogP contribution in [0.25, 0.3) is 0 Å². The molecule has 0 bridgehead atoms. The number of nitrogens with two attached hydrogens (primary N) is 1. The Morgan fingerprint density at radius 2 is 2.31 bits per heavy atom. The number of rotatable bonds is 3. The lowest BCUT2D eigenvalue weighted by Gasteiger charge is -2.10. The molecule has 13 heavy (non-hydrogen) atoms. The molecule has 0 spiro atoms. The molecule has 0 saturated carbocycles. The zero-order valence-corrected chi connectivity index (χ0v) is 8.92.